The van der Waals surface area contributed by atoms with E-state index in [1.165, 1.54) is 0 Å². The zero-order chi connectivity index (χ0) is 11.5. The van der Waals surface area contributed by atoms with E-state index in [2.05, 4.69) is 5.32 Å². The summed E-state index contributed by atoms with van der Waals surface area (Å²) in [5.74, 6) is 0.0733. The molecule has 2 unspecified atom stereocenters. The fourth-order valence-corrected chi connectivity index (χ4v) is 3.44. The van der Waals surface area contributed by atoms with E-state index in [1.807, 2.05) is 0 Å². The van der Waals surface area contributed by atoms with Crippen LogP contribution in [0.25, 0.3) is 0 Å². The van der Waals surface area contributed by atoms with Crippen molar-refractivity contribution in [3.05, 3.63) is 0 Å². The van der Waals surface area contributed by atoms with Crippen LogP contribution >= 0.6 is 0 Å². The lowest BCUT2D eigenvalue weighted by Crippen LogP contribution is -2.45. The molecule has 15 heavy (non-hydrogen) atoms. The van der Waals surface area contributed by atoms with E-state index in [0.29, 0.717) is 19.5 Å². The predicted octanol–water partition coefficient (Wildman–Crippen LogP) is -2.18. The highest BCUT2D eigenvalue weighted by Gasteiger charge is 2.27. The Kier molecular flexibility index (Phi) is 4.06. The molecule has 1 rings (SSSR count). The van der Waals surface area contributed by atoms with Gasteiger partial charge in [-0.15, -0.1) is 0 Å². The summed E-state index contributed by atoms with van der Waals surface area (Å²) in [5, 5.41) is 2.96. The van der Waals surface area contributed by atoms with Gasteiger partial charge in [0, 0.05) is 6.54 Å². The van der Waals surface area contributed by atoms with Crippen LogP contribution in [0.1, 0.15) is 6.42 Å². The molecule has 1 aliphatic heterocycles. The average Bonchev–Trinajstić information content (AvgIpc) is 2.45. The van der Waals surface area contributed by atoms with Gasteiger partial charge in [-0.2, -0.15) is 0 Å². The summed E-state index contributed by atoms with van der Waals surface area (Å²) in [6.45, 7) is 0.867. The number of nitrogens with one attached hydrogen (secondary N) is 1. The van der Waals surface area contributed by atoms with Crippen molar-refractivity contribution < 1.29 is 13.2 Å². The minimum Gasteiger partial charge on any atom is -0.368 e. The van der Waals surface area contributed by atoms with Gasteiger partial charge < -0.3 is 16.8 Å². The highest BCUT2D eigenvalue weighted by Crippen LogP contribution is 2.17. The van der Waals surface area contributed by atoms with E-state index < -0.39 is 21.8 Å². The molecule has 0 spiro atoms. The number of carbonyl (C=O) groups is 1. The standard InChI is InChI=1S/C8H17N3O3S/c9-7(8(10)12)4-11-3-6-1-2-15(13,14)5-6/h6-7,11H,1-5,9H2,(H2,10,12). The highest BCUT2D eigenvalue weighted by atomic mass is 32.2. The van der Waals surface area contributed by atoms with Crippen LogP contribution in [0.2, 0.25) is 0 Å². The van der Waals surface area contributed by atoms with Crippen molar-refractivity contribution in [3.63, 3.8) is 0 Å². The second kappa shape index (κ2) is 4.91. The first-order chi connectivity index (χ1) is 6.91. The maximum atomic E-state index is 11.1. The van der Waals surface area contributed by atoms with Crippen LogP contribution in [0.5, 0.6) is 0 Å². The Morgan fingerprint density at radius 1 is 1.53 bits per heavy atom. The lowest BCUT2D eigenvalue weighted by atomic mass is 10.1. The molecule has 1 saturated heterocycles. The first-order valence-corrected chi connectivity index (χ1v) is 6.69. The number of nitrogens with two attached hydrogens (primary N) is 2. The lowest BCUT2D eigenvalue weighted by molar-refractivity contribution is -0.119. The molecular formula is C8H17N3O3S. The van der Waals surface area contributed by atoms with E-state index in [4.69, 9.17) is 11.5 Å². The summed E-state index contributed by atoms with van der Waals surface area (Å²) in [7, 11) is -2.83. The summed E-state index contributed by atoms with van der Waals surface area (Å²) < 4.78 is 22.2. The Hall–Kier alpha value is -0.660. The van der Waals surface area contributed by atoms with Crippen molar-refractivity contribution in [2.45, 2.75) is 12.5 Å². The molecule has 5 N–H and O–H groups in total. The topological polar surface area (TPSA) is 115 Å². The van der Waals surface area contributed by atoms with Crippen molar-refractivity contribution in [3.8, 4) is 0 Å². The molecule has 88 valence electrons. The van der Waals surface area contributed by atoms with Crippen LogP contribution in [0.15, 0.2) is 0 Å². The number of primary amides is 1. The Labute approximate surface area is 89.3 Å². The number of amides is 1. The molecule has 1 fully saturated rings. The minimum atomic E-state index is -2.83. The molecule has 0 aromatic rings. The molecule has 0 saturated carbocycles. The molecule has 0 aliphatic carbocycles. The van der Waals surface area contributed by atoms with Crippen molar-refractivity contribution in [1.29, 1.82) is 0 Å². The zero-order valence-electron chi connectivity index (χ0n) is 8.48. The summed E-state index contributed by atoms with van der Waals surface area (Å²) >= 11 is 0. The van der Waals surface area contributed by atoms with Crippen LogP contribution in [-0.2, 0) is 14.6 Å². The monoisotopic (exact) mass is 235 g/mol. The van der Waals surface area contributed by atoms with Crippen LogP contribution in [0.4, 0.5) is 0 Å². The molecule has 2 atom stereocenters. The molecule has 0 bridgehead atoms. The van der Waals surface area contributed by atoms with Gasteiger partial charge in [-0.1, -0.05) is 0 Å². The smallest absolute Gasteiger partial charge is 0.235 e. The molecule has 1 heterocycles. The van der Waals surface area contributed by atoms with Gasteiger partial charge in [0.25, 0.3) is 0 Å². The largest absolute Gasteiger partial charge is 0.368 e. The summed E-state index contributed by atoms with van der Waals surface area (Å²) in [6, 6.07) is -0.706. The third-order valence-corrected chi connectivity index (χ3v) is 4.33. The maximum Gasteiger partial charge on any atom is 0.235 e. The maximum absolute atomic E-state index is 11.1. The summed E-state index contributed by atoms with van der Waals surface area (Å²) in [5.41, 5.74) is 10.4. The number of rotatable bonds is 5. The fraction of sp³-hybridized carbons (Fsp3) is 0.875. The number of sulfone groups is 1. The normalized spacial score (nSPS) is 26.3. The van der Waals surface area contributed by atoms with E-state index in [-0.39, 0.29) is 17.4 Å². The Morgan fingerprint density at radius 2 is 2.20 bits per heavy atom. The fourth-order valence-electron chi connectivity index (χ4n) is 1.58. The van der Waals surface area contributed by atoms with Crippen LogP contribution < -0.4 is 16.8 Å². The SMILES string of the molecule is NC(=O)C(N)CNCC1CCS(=O)(=O)C1. The van der Waals surface area contributed by atoms with Gasteiger partial charge in [0.2, 0.25) is 5.91 Å². The predicted molar refractivity (Wildman–Crippen MR) is 56.8 cm³/mol. The summed E-state index contributed by atoms with van der Waals surface area (Å²) in [6.07, 6.45) is 0.682. The van der Waals surface area contributed by atoms with Crippen LogP contribution in [0, 0.1) is 5.92 Å². The van der Waals surface area contributed by atoms with E-state index >= 15 is 0 Å². The third-order valence-electron chi connectivity index (χ3n) is 2.49. The Balaban J connectivity index is 2.20. The molecule has 1 amide bonds. The number of carbonyl (C=O) groups excluding carboxylic acids is 1. The van der Waals surface area contributed by atoms with Crippen molar-refractivity contribution in [2.75, 3.05) is 24.6 Å². The van der Waals surface area contributed by atoms with E-state index in [9.17, 15) is 13.2 Å². The minimum absolute atomic E-state index is 0.134. The molecule has 0 radical (unpaired) electrons. The Bertz CT molecular complexity index is 328. The first-order valence-electron chi connectivity index (χ1n) is 4.87. The molecule has 0 aromatic heterocycles. The van der Waals surface area contributed by atoms with Crippen LogP contribution in [-0.4, -0.2) is 45.0 Å². The second-order valence-electron chi connectivity index (χ2n) is 3.94. The summed E-state index contributed by atoms with van der Waals surface area (Å²) in [4.78, 5) is 10.6. The van der Waals surface area contributed by atoms with E-state index in [1.54, 1.807) is 0 Å². The molecule has 1 aliphatic rings. The molecular weight excluding hydrogens is 218 g/mol. The molecule has 0 aromatic carbocycles. The van der Waals surface area contributed by atoms with Gasteiger partial charge in [-0.05, 0) is 18.9 Å². The molecule has 6 nitrogen and oxygen atoms in total. The van der Waals surface area contributed by atoms with E-state index in [0.717, 1.165) is 0 Å². The molecule has 7 heteroatoms. The zero-order valence-corrected chi connectivity index (χ0v) is 9.29. The third kappa shape index (κ3) is 4.15. The average molecular weight is 235 g/mol. The van der Waals surface area contributed by atoms with Crippen molar-refractivity contribution in [2.24, 2.45) is 17.4 Å². The van der Waals surface area contributed by atoms with Gasteiger partial charge in [0.15, 0.2) is 9.84 Å². The number of hydrogen-bond donors (Lipinski definition) is 3. The number of hydrogen-bond acceptors (Lipinski definition) is 5. The van der Waals surface area contributed by atoms with Crippen LogP contribution in [0.3, 0.4) is 0 Å². The quantitative estimate of drug-likeness (QED) is 0.501. The van der Waals surface area contributed by atoms with Gasteiger partial charge >= 0.3 is 0 Å². The van der Waals surface area contributed by atoms with Gasteiger partial charge in [0.05, 0.1) is 17.5 Å². The van der Waals surface area contributed by atoms with Gasteiger partial charge in [0.1, 0.15) is 0 Å². The van der Waals surface area contributed by atoms with Crippen molar-refractivity contribution in [1.82, 2.24) is 5.32 Å². The Morgan fingerprint density at radius 3 is 2.67 bits per heavy atom. The van der Waals surface area contributed by atoms with Crippen molar-refractivity contribution >= 4 is 15.7 Å². The lowest BCUT2D eigenvalue weighted by Gasteiger charge is -2.11. The van der Waals surface area contributed by atoms with Gasteiger partial charge in [-0.25, -0.2) is 8.42 Å². The second-order valence-corrected chi connectivity index (χ2v) is 6.16. The highest BCUT2D eigenvalue weighted by molar-refractivity contribution is 7.91. The van der Waals surface area contributed by atoms with Gasteiger partial charge in [-0.3, -0.25) is 4.79 Å². The first kappa shape index (κ1) is 12.4.